The second-order valence-electron chi connectivity index (χ2n) is 6.60. The van der Waals surface area contributed by atoms with Crippen molar-refractivity contribution in [3.63, 3.8) is 0 Å². The Morgan fingerprint density at radius 1 is 1.10 bits per heavy atom. The fourth-order valence-electron chi connectivity index (χ4n) is 3.03. The van der Waals surface area contributed by atoms with Gasteiger partial charge in [-0.15, -0.1) is 10.2 Å². The molecule has 30 heavy (non-hydrogen) atoms. The van der Waals surface area contributed by atoms with Gasteiger partial charge in [-0.25, -0.2) is 4.39 Å². The monoisotopic (exact) mass is 422 g/mol. The van der Waals surface area contributed by atoms with Gasteiger partial charge in [0.05, 0.1) is 28.4 Å². The zero-order valence-corrected chi connectivity index (χ0v) is 17.2. The SMILES string of the molecule is Cc1n[nH]c(C)c1NC(=O)CSc1nnc(-c2ccccc2F)n1-c1ccccc1. The van der Waals surface area contributed by atoms with Gasteiger partial charge >= 0.3 is 0 Å². The van der Waals surface area contributed by atoms with Gasteiger partial charge in [0.25, 0.3) is 0 Å². The van der Waals surface area contributed by atoms with Gasteiger partial charge in [0.1, 0.15) is 5.82 Å². The topological polar surface area (TPSA) is 88.5 Å². The van der Waals surface area contributed by atoms with Gasteiger partial charge in [0, 0.05) is 5.69 Å². The lowest BCUT2D eigenvalue weighted by molar-refractivity contribution is -0.113. The lowest BCUT2D eigenvalue weighted by Crippen LogP contribution is -2.15. The van der Waals surface area contributed by atoms with Gasteiger partial charge in [0.15, 0.2) is 11.0 Å². The minimum absolute atomic E-state index is 0.117. The molecule has 4 rings (SSSR count). The third-order valence-corrected chi connectivity index (χ3v) is 5.42. The number of aromatic amines is 1. The average molecular weight is 422 g/mol. The number of amides is 1. The lowest BCUT2D eigenvalue weighted by atomic mass is 10.2. The fourth-order valence-corrected chi connectivity index (χ4v) is 3.78. The number of hydrogen-bond donors (Lipinski definition) is 2. The molecular weight excluding hydrogens is 403 g/mol. The van der Waals surface area contributed by atoms with E-state index in [1.54, 1.807) is 22.8 Å². The summed E-state index contributed by atoms with van der Waals surface area (Å²) in [7, 11) is 0. The van der Waals surface area contributed by atoms with Gasteiger partial charge in [-0.1, -0.05) is 42.1 Å². The van der Waals surface area contributed by atoms with Crippen molar-refractivity contribution >= 4 is 23.4 Å². The summed E-state index contributed by atoms with van der Waals surface area (Å²) in [6.07, 6.45) is 0. The summed E-state index contributed by atoms with van der Waals surface area (Å²) in [5.74, 6) is -0.0829. The normalized spacial score (nSPS) is 10.9. The molecule has 2 heterocycles. The van der Waals surface area contributed by atoms with Crippen LogP contribution in [0.15, 0.2) is 59.8 Å². The van der Waals surface area contributed by atoms with E-state index in [2.05, 4.69) is 25.7 Å². The first-order chi connectivity index (χ1) is 14.5. The molecule has 0 unspecified atom stereocenters. The van der Waals surface area contributed by atoms with Crippen molar-refractivity contribution in [2.75, 3.05) is 11.1 Å². The number of carbonyl (C=O) groups excluding carboxylic acids is 1. The number of hydrogen-bond acceptors (Lipinski definition) is 5. The Balaban J connectivity index is 1.62. The van der Waals surface area contributed by atoms with Gasteiger partial charge in [-0.05, 0) is 38.1 Å². The zero-order valence-electron chi connectivity index (χ0n) is 16.4. The van der Waals surface area contributed by atoms with Crippen molar-refractivity contribution in [1.82, 2.24) is 25.0 Å². The molecule has 0 spiro atoms. The molecule has 2 N–H and O–H groups in total. The van der Waals surface area contributed by atoms with Crippen LogP contribution in [0.2, 0.25) is 0 Å². The summed E-state index contributed by atoms with van der Waals surface area (Å²) in [5.41, 5.74) is 3.32. The Labute approximate surface area is 176 Å². The summed E-state index contributed by atoms with van der Waals surface area (Å²) in [5, 5.41) is 18.7. The van der Waals surface area contributed by atoms with Crippen LogP contribution in [0, 0.1) is 19.7 Å². The third kappa shape index (κ3) is 3.97. The number of halogens is 1. The van der Waals surface area contributed by atoms with Crippen LogP contribution < -0.4 is 5.32 Å². The van der Waals surface area contributed by atoms with E-state index in [4.69, 9.17) is 0 Å². The maximum absolute atomic E-state index is 14.4. The maximum atomic E-state index is 14.4. The Morgan fingerprint density at radius 2 is 1.83 bits per heavy atom. The minimum Gasteiger partial charge on any atom is -0.322 e. The highest BCUT2D eigenvalue weighted by atomic mass is 32.2. The molecular formula is C21H19FN6OS. The van der Waals surface area contributed by atoms with E-state index in [9.17, 15) is 9.18 Å². The van der Waals surface area contributed by atoms with Crippen LogP contribution in [0.3, 0.4) is 0 Å². The standard InChI is InChI=1S/C21H19FN6OS/c1-13-19(14(2)25-24-13)23-18(29)12-30-21-27-26-20(16-10-6-7-11-17(16)22)28(21)15-8-4-3-5-9-15/h3-11H,12H2,1-2H3,(H,23,29)(H,24,25). The van der Waals surface area contributed by atoms with Crippen LogP contribution in [0.1, 0.15) is 11.4 Å². The summed E-state index contributed by atoms with van der Waals surface area (Å²) in [4.78, 5) is 12.5. The van der Waals surface area contributed by atoms with Crippen LogP contribution in [0.4, 0.5) is 10.1 Å². The molecule has 2 aromatic carbocycles. The molecule has 9 heteroatoms. The van der Waals surface area contributed by atoms with Crippen molar-refractivity contribution < 1.29 is 9.18 Å². The van der Waals surface area contributed by atoms with E-state index in [-0.39, 0.29) is 17.5 Å². The first-order valence-electron chi connectivity index (χ1n) is 9.24. The number of nitrogens with zero attached hydrogens (tertiary/aromatic N) is 4. The zero-order chi connectivity index (χ0) is 21.1. The smallest absolute Gasteiger partial charge is 0.234 e. The van der Waals surface area contributed by atoms with Crippen LogP contribution in [0.5, 0.6) is 0 Å². The van der Waals surface area contributed by atoms with E-state index in [1.807, 2.05) is 44.2 Å². The number of nitrogens with one attached hydrogen (secondary N) is 2. The fraction of sp³-hybridized carbons (Fsp3) is 0.143. The third-order valence-electron chi connectivity index (χ3n) is 4.49. The van der Waals surface area contributed by atoms with Gasteiger partial charge in [-0.3, -0.25) is 14.5 Å². The van der Waals surface area contributed by atoms with Gasteiger partial charge < -0.3 is 5.32 Å². The molecule has 0 aliphatic heterocycles. The summed E-state index contributed by atoms with van der Waals surface area (Å²) in [6.45, 7) is 3.66. The molecule has 0 saturated heterocycles. The summed E-state index contributed by atoms with van der Waals surface area (Å²) in [6, 6.07) is 15.8. The van der Waals surface area contributed by atoms with Crippen LogP contribution in [-0.2, 0) is 4.79 Å². The highest BCUT2D eigenvalue weighted by Gasteiger charge is 2.19. The Bertz CT molecular complexity index is 1170. The number of rotatable bonds is 6. The molecule has 1 amide bonds. The molecule has 0 fully saturated rings. The summed E-state index contributed by atoms with van der Waals surface area (Å²) < 4.78 is 16.2. The number of carbonyl (C=O) groups is 1. The minimum atomic E-state index is -0.387. The summed E-state index contributed by atoms with van der Waals surface area (Å²) >= 11 is 1.23. The quantitative estimate of drug-likeness (QED) is 0.456. The first kappa shape index (κ1) is 19.8. The highest BCUT2D eigenvalue weighted by Crippen LogP contribution is 2.29. The largest absolute Gasteiger partial charge is 0.322 e. The second-order valence-corrected chi connectivity index (χ2v) is 7.55. The maximum Gasteiger partial charge on any atom is 0.234 e. The molecule has 2 aromatic heterocycles. The van der Waals surface area contributed by atoms with Crippen molar-refractivity contribution in [2.45, 2.75) is 19.0 Å². The number of anilines is 1. The molecule has 152 valence electrons. The molecule has 0 aliphatic carbocycles. The number of aryl methyl sites for hydroxylation is 2. The molecule has 7 nitrogen and oxygen atoms in total. The number of para-hydroxylation sites is 1. The highest BCUT2D eigenvalue weighted by molar-refractivity contribution is 7.99. The van der Waals surface area contributed by atoms with Gasteiger partial charge in [0.2, 0.25) is 5.91 Å². The number of H-pyrrole nitrogens is 1. The second kappa shape index (κ2) is 8.50. The molecule has 0 aliphatic rings. The Hall–Kier alpha value is -3.46. The molecule has 0 bridgehead atoms. The Morgan fingerprint density at radius 3 is 2.53 bits per heavy atom. The van der Waals surface area contributed by atoms with E-state index in [1.165, 1.54) is 17.8 Å². The van der Waals surface area contributed by atoms with Crippen molar-refractivity contribution in [3.05, 3.63) is 71.8 Å². The first-order valence-corrected chi connectivity index (χ1v) is 10.2. The van der Waals surface area contributed by atoms with Crippen molar-refractivity contribution in [1.29, 1.82) is 0 Å². The van der Waals surface area contributed by atoms with Crippen LogP contribution in [0.25, 0.3) is 17.1 Å². The number of aromatic nitrogens is 5. The van der Waals surface area contributed by atoms with E-state index < -0.39 is 0 Å². The van der Waals surface area contributed by atoms with Crippen LogP contribution in [-0.4, -0.2) is 36.6 Å². The molecule has 0 saturated carbocycles. The van der Waals surface area contributed by atoms with Crippen LogP contribution >= 0.6 is 11.8 Å². The van der Waals surface area contributed by atoms with Crippen molar-refractivity contribution in [3.8, 4) is 17.1 Å². The number of benzene rings is 2. The molecule has 0 radical (unpaired) electrons. The van der Waals surface area contributed by atoms with E-state index in [0.29, 0.717) is 22.2 Å². The molecule has 0 atom stereocenters. The van der Waals surface area contributed by atoms with Gasteiger partial charge in [-0.2, -0.15) is 5.10 Å². The number of thioether (sulfide) groups is 1. The predicted octanol–water partition coefficient (Wildman–Crippen LogP) is 4.14. The predicted molar refractivity (Wildman–Crippen MR) is 114 cm³/mol. The molecule has 4 aromatic rings. The van der Waals surface area contributed by atoms with E-state index in [0.717, 1.165) is 17.1 Å². The average Bonchev–Trinajstić information content (AvgIpc) is 3.31. The van der Waals surface area contributed by atoms with Crippen molar-refractivity contribution in [2.24, 2.45) is 0 Å². The Kier molecular flexibility index (Phi) is 5.62. The lowest BCUT2D eigenvalue weighted by Gasteiger charge is -2.11. The van der Waals surface area contributed by atoms with E-state index >= 15 is 0 Å².